The number of piperidine rings is 1. The summed E-state index contributed by atoms with van der Waals surface area (Å²) in [6.45, 7) is 14.1. The number of rotatable bonds is 5. The quantitative estimate of drug-likeness (QED) is 0.903. The van der Waals surface area contributed by atoms with Gasteiger partial charge in [0, 0.05) is 31.6 Å². The Morgan fingerprint density at radius 1 is 1.33 bits per heavy atom. The number of nitrogens with zero attached hydrogens (tertiary/aromatic N) is 3. The van der Waals surface area contributed by atoms with Gasteiger partial charge in [-0.1, -0.05) is 34.6 Å². The molecule has 1 unspecified atom stereocenters. The van der Waals surface area contributed by atoms with Crippen LogP contribution in [0.5, 0.6) is 0 Å². The van der Waals surface area contributed by atoms with Gasteiger partial charge in [0.05, 0.1) is 17.6 Å². The standard InChI is InChI=1S/C17H30N4/c1-12(2)17-19-10-16(15(20-17)9-18-13(3)4)21-8-6-7-14(5)11-21/h10,12-14,18H,6-9,11H2,1-5H3. The van der Waals surface area contributed by atoms with Crippen LogP contribution in [0, 0.1) is 5.92 Å². The van der Waals surface area contributed by atoms with E-state index in [2.05, 4.69) is 49.8 Å². The number of hydrogen-bond acceptors (Lipinski definition) is 4. The third-order valence-electron chi connectivity index (χ3n) is 4.06. The lowest BCUT2D eigenvalue weighted by atomic mass is 9.99. The molecule has 1 aliphatic rings. The molecule has 4 heteroatoms. The fourth-order valence-corrected chi connectivity index (χ4v) is 2.81. The summed E-state index contributed by atoms with van der Waals surface area (Å²) in [6.07, 6.45) is 4.64. The molecule has 1 atom stereocenters. The van der Waals surface area contributed by atoms with E-state index in [0.29, 0.717) is 12.0 Å². The highest BCUT2D eigenvalue weighted by atomic mass is 15.2. The van der Waals surface area contributed by atoms with Crippen molar-refractivity contribution in [3.8, 4) is 0 Å². The first-order valence-electron chi connectivity index (χ1n) is 8.31. The first kappa shape index (κ1) is 16.2. The summed E-state index contributed by atoms with van der Waals surface area (Å²) in [4.78, 5) is 11.9. The van der Waals surface area contributed by atoms with Gasteiger partial charge in [0.2, 0.25) is 0 Å². The van der Waals surface area contributed by atoms with Crippen molar-refractivity contribution in [1.82, 2.24) is 15.3 Å². The summed E-state index contributed by atoms with van der Waals surface area (Å²) >= 11 is 0. The van der Waals surface area contributed by atoms with E-state index in [0.717, 1.165) is 37.1 Å². The second kappa shape index (κ2) is 7.21. The highest BCUT2D eigenvalue weighted by Gasteiger charge is 2.20. The minimum Gasteiger partial charge on any atom is -0.369 e. The molecule has 118 valence electrons. The molecule has 0 aromatic carbocycles. The molecule has 1 aromatic heterocycles. The maximum Gasteiger partial charge on any atom is 0.131 e. The minimum atomic E-state index is 0.372. The van der Waals surface area contributed by atoms with Crippen molar-refractivity contribution in [2.75, 3.05) is 18.0 Å². The van der Waals surface area contributed by atoms with Crippen LogP contribution >= 0.6 is 0 Å². The van der Waals surface area contributed by atoms with E-state index in [-0.39, 0.29) is 0 Å². The third kappa shape index (κ3) is 4.40. The van der Waals surface area contributed by atoms with Crippen molar-refractivity contribution in [2.24, 2.45) is 5.92 Å². The molecule has 0 radical (unpaired) electrons. The molecule has 4 nitrogen and oxygen atoms in total. The van der Waals surface area contributed by atoms with Gasteiger partial charge in [-0.3, -0.25) is 0 Å². The molecule has 1 aliphatic heterocycles. The molecule has 21 heavy (non-hydrogen) atoms. The lowest BCUT2D eigenvalue weighted by molar-refractivity contribution is 0.444. The van der Waals surface area contributed by atoms with Crippen molar-refractivity contribution in [1.29, 1.82) is 0 Å². The van der Waals surface area contributed by atoms with Gasteiger partial charge in [0.1, 0.15) is 5.82 Å². The molecule has 2 heterocycles. The van der Waals surface area contributed by atoms with E-state index in [4.69, 9.17) is 4.98 Å². The smallest absolute Gasteiger partial charge is 0.131 e. The molecular formula is C17H30N4. The summed E-state index contributed by atoms with van der Waals surface area (Å²) in [5, 5.41) is 3.50. The summed E-state index contributed by atoms with van der Waals surface area (Å²) < 4.78 is 0. The Bertz CT molecular complexity index is 456. The van der Waals surface area contributed by atoms with Crippen molar-refractivity contribution >= 4 is 5.69 Å². The molecule has 0 aliphatic carbocycles. The fraction of sp³-hybridized carbons (Fsp3) is 0.765. The van der Waals surface area contributed by atoms with Crippen LogP contribution in [0.3, 0.4) is 0 Å². The van der Waals surface area contributed by atoms with Crippen LogP contribution in [-0.2, 0) is 6.54 Å². The van der Waals surface area contributed by atoms with Crippen LogP contribution in [0.25, 0.3) is 0 Å². The number of nitrogens with one attached hydrogen (secondary N) is 1. The third-order valence-corrected chi connectivity index (χ3v) is 4.06. The van der Waals surface area contributed by atoms with E-state index < -0.39 is 0 Å². The Balaban J connectivity index is 2.25. The Hall–Kier alpha value is -1.16. The van der Waals surface area contributed by atoms with Gasteiger partial charge in [-0.05, 0) is 18.8 Å². The first-order chi connectivity index (χ1) is 9.97. The normalized spacial score (nSPS) is 19.6. The Morgan fingerprint density at radius 2 is 2.10 bits per heavy atom. The van der Waals surface area contributed by atoms with Crippen LogP contribution < -0.4 is 10.2 Å². The van der Waals surface area contributed by atoms with Crippen LogP contribution in [0.4, 0.5) is 5.69 Å². The van der Waals surface area contributed by atoms with Gasteiger partial charge in [-0.15, -0.1) is 0 Å². The van der Waals surface area contributed by atoms with E-state index in [1.54, 1.807) is 0 Å². The second-order valence-electron chi connectivity index (χ2n) is 6.94. The van der Waals surface area contributed by atoms with Gasteiger partial charge >= 0.3 is 0 Å². The topological polar surface area (TPSA) is 41.1 Å². The van der Waals surface area contributed by atoms with Crippen molar-refractivity contribution in [3.05, 3.63) is 17.7 Å². The van der Waals surface area contributed by atoms with Gasteiger partial charge in [0.15, 0.2) is 0 Å². The van der Waals surface area contributed by atoms with Crippen LogP contribution in [0.1, 0.15) is 64.9 Å². The largest absolute Gasteiger partial charge is 0.369 e. The lowest BCUT2D eigenvalue weighted by Crippen LogP contribution is -2.36. The lowest BCUT2D eigenvalue weighted by Gasteiger charge is -2.33. The van der Waals surface area contributed by atoms with Gasteiger partial charge in [-0.2, -0.15) is 0 Å². The summed E-state index contributed by atoms with van der Waals surface area (Å²) in [5.74, 6) is 2.08. The van der Waals surface area contributed by atoms with E-state index >= 15 is 0 Å². The molecule has 1 saturated heterocycles. The highest BCUT2D eigenvalue weighted by molar-refractivity contribution is 5.49. The SMILES string of the molecule is CC1CCCN(c2cnc(C(C)C)nc2CNC(C)C)C1. The zero-order valence-corrected chi connectivity index (χ0v) is 14.2. The van der Waals surface area contributed by atoms with Gasteiger partial charge in [-0.25, -0.2) is 9.97 Å². The Morgan fingerprint density at radius 3 is 2.71 bits per heavy atom. The molecule has 1 N–H and O–H groups in total. The average Bonchev–Trinajstić information content (AvgIpc) is 2.44. The first-order valence-corrected chi connectivity index (χ1v) is 8.31. The molecule has 1 fully saturated rings. The fourth-order valence-electron chi connectivity index (χ4n) is 2.81. The zero-order chi connectivity index (χ0) is 15.4. The summed E-state index contributed by atoms with van der Waals surface area (Å²) in [7, 11) is 0. The molecule has 2 rings (SSSR count). The summed E-state index contributed by atoms with van der Waals surface area (Å²) in [6, 6.07) is 0.468. The van der Waals surface area contributed by atoms with Crippen LogP contribution in [0.2, 0.25) is 0 Å². The number of anilines is 1. The van der Waals surface area contributed by atoms with Crippen molar-refractivity contribution in [3.63, 3.8) is 0 Å². The van der Waals surface area contributed by atoms with E-state index in [1.165, 1.54) is 18.5 Å². The molecule has 0 spiro atoms. The summed E-state index contributed by atoms with van der Waals surface area (Å²) in [5.41, 5.74) is 2.37. The number of hydrogen-bond donors (Lipinski definition) is 1. The van der Waals surface area contributed by atoms with E-state index in [9.17, 15) is 0 Å². The predicted molar refractivity (Wildman–Crippen MR) is 88.7 cm³/mol. The average molecular weight is 290 g/mol. The maximum absolute atomic E-state index is 4.83. The molecular weight excluding hydrogens is 260 g/mol. The predicted octanol–water partition coefficient (Wildman–Crippen LogP) is 3.33. The maximum atomic E-state index is 4.83. The molecule has 0 amide bonds. The monoisotopic (exact) mass is 290 g/mol. The minimum absolute atomic E-state index is 0.372. The van der Waals surface area contributed by atoms with Crippen LogP contribution in [-0.4, -0.2) is 29.1 Å². The molecule has 1 aromatic rings. The highest BCUT2D eigenvalue weighted by Crippen LogP contribution is 2.26. The van der Waals surface area contributed by atoms with Crippen molar-refractivity contribution in [2.45, 2.75) is 66.0 Å². The Kier molecular flexibility index (Phi) is 5.57. The van der Waals surface area contributed by atoms with E-state index in [1.807, 2.05) is 6.20 Å². The second-order valence-corrected chi connectivity index (χ2v) is 6.94. The Labute approximate surface area is 129 Å². The van der Waals surface area contributed by atoms with Crippen LogP contribution in [0.15, 0.2) is 6.20 Å². The van der Waals surface area contributed by atoms with Crippen molar-refractivity contribution < 1.29 is 0 Å². The zero-order valence-electron chi connectivity index (χ0n) is 14.2. The van der Waals surface area contributed by atoms with Gasteiger partial charge in [0.25, 0.3) is 0 Å². The molecule has 0 bridgehead atoms. The molecule has 0 saturated carbocycles. The number of aromatic nitrogens is 2. The van der Waals surface area contributed by atoms with Gasteiger partial charge < -0.3 is 10.2 Å².